The van der Waals surface area contributed by atoms with Crippen molar-refractivity contribution in [1.82, 2.24) is 5.01 Å². The average Bonchev–Trinajstić information content (AvgIpc) is 2.01. The Bertz CT molecular complexity index is 151. The number of hydrogen-bond acceptors (Lipinski definition) is 5. The van der Waals surface area contributed by atoms with Crippen LogP contribution in [0.3, 0.4) is 0 Å². The Morgan fingerprint density at radius 1 is 1.73 bits per heavy atom. The van der Waals surface area contributed by atoms with Crippen LogP contribution in [0.25, 0.3) is 0 Å². The molecule has 0 rings (SSSR count). The molecule has 0 aromatic heterocycles. The summed E-state index contributed by atoms with van der Waals surface area (Å²) in [6.45, 7) is 1.41. The lowest BCUT2D eigenvalue weighted by molar-refractivity contribution is -0.146. The largest absolute Gasteiger partial charge is 0.465 e. The highest BCUT2D eigenvalue weighted by atomic mass is 16.5. The van der Waals surface area contributed by atoms with Crippen LogP contribution in [0.2, 0.25) is 0 Å². The topological polar surface area (TPSA) is 76.0 Å². The molecular formula is C5H8N2O4. The van der Waals surface area contributed by atoms with Gasteiger partial charge in [0.1, 0.15) is 6.54 Å². The van der Waals surface area contributed by atoms with Crippen molar-refractivity contribution in [2.24, 2.45) is 5.29 Å². The molecule has 0 aromatic rings. The van der Waals surface area contributed by atoms with Gasteiger partial charge in [0.25, 0.3) is 0 Å². The summed E-state index contributed by atoms with van der Waals surface area (Å²) in [5.41, 5.74) is 0. The molecule has 6 heteroatoms. The average molecular weight is 160 g/mol. The fourth-order valence-corrected chi connectivity index (χ4v) is 0.424. The number of nitroso groups, excluding NO2 is 1. The summed E-state index contributed by atoms with van der Waals surface area (Å²) in [6, 6.07) is 0. The van der Waals surface area contributed by atoms with Gasteiger partial charge in [0.2, 0.25) is 6.41 Å². The van der Waals surface area contributed by atoms with Crippen molar-refractivity contribution in [3.8, 4) is 0 Å². The Hall–Kier alpha value is -1.46. The van der Waals surface area contributed by atoms with E-state index in [-0.39, 0.29) is 13.0 Å². The normalized spacial score (nSPS) is 8.45. The van der Waals surface area contributed by atoms with Crippen LogP contribution in [-0.4, -0.2) is 30.5 Å². The molecule has 0 heterocycles. The van der Waals surface area contributed by atoms with Crippen LogP contribution in [0.15, 0.2) is 5.29 Å². The fourth-order valence-electron chi connectivity index (χ4n) is 0.424. The van der Waals surface area contributed by atoms with Crippen molar-refractivity contribution in [3.63, 3.8) is 0 Å². The molecule has 0 saturated heterocycles. The summed E-state index contributed by atoms with van der Waals surface area (Å²) in [4.78, 5) is 30.2. The molecule has 0 aromatic carbocycles. The molecule has 0 spiro atoms. The SMILES string of the molecule is CCOC(=O)CN(C=O)N=O. The second-order valence-electron chi connectivity index (χ2n) is 1.59. The van der Waals surface area contributed by atoms with Gasteiger partial charge >= 0.3 is 5.97 Å². The molecule has 0 unspecified atom stereocenters. The number of esters is 1. The predicted molar refractivity (Wildman–Crippen MR) is 35.2 cm³/mol. The number of carbonyl (C=O) groups excluding carboxylic acids is 2. The maximum atomic E-state index is 10.5. The zero-order valence-corrected chi connectivity index (χ0v) is 6.02. The first kappa shape index (κ1) is 9.54. The smallest absolute Gasteiger partial charge is 0.328 e. The highest BCUT2D eigenvalue weighted by Gasteiger charge is 2.08. The first-order chi connectivity index (χ1) is 5.24. The van der Waals surface area contributed by atoms with E-state index in [9.17, 15) is 14.5 Å². The van der Waals surface area contributed by atoms with Crippen molar-refractivity contribution >= 4 is 12.4 Å². The maximum Gasteiger partial charge on any atom is 0.328 e. The van der Waals surface area contributed by atoms with Crippen LogP contribution in [0.5, 0.6) is 0 Å². The fraction of sp³-hybridized carbons (Fsp3) is 0.600. The number of hydrogen-bond donors (Lipinski definition) is 0. The number of carbonyl (C=O) groups is 2. The molecule has 0 bridgehead atoms. The first-order valence-electron chi connectivity index (χ1n) is 2.95. The molecular weight excluding hydrogens is 152 g/mol. The van der Waals surface area contributed by atoms with Gasteiger partial charge in [-0.05, 0) is 6.92 Å². The third kappa shape index (κ3) is 4.01. The summed E-state index contributed by atoms with van der Waals surface area (Å²) in [5.74, 6) is -0.654. The third-order valence-electron chi connectivity index (χ3n) is 0.823. The van der Waals surface area contributed by atoms with Gasteiger partial charge in [-0.2, -0.15) is 5.01 Å². The first-order valence-corrected chi connectivity index (χ1v) is 2.95. The number of amides is 1. The van der Waals surface area contributed by atoms with E-state index >= 15 is 0 Å². The van der Waals surface area contributed by atoms with Gasteiger partial charge in [0.15, 0.2) is 0 Å². The molecule has 11 heavy (non-hydrogen) atoms. The van der Waals surface area contributed by atoms with E-state index in [4.69, 9.17) is 0 Å². The quantitative estimate of drug-likeness (QED) is 0.239. The van der Waals surface area contributed by atoms with E-state index in [0.717, 1.165) is 0 Å². The highest BCUT2D eigenvalue weighted by Crippen LogP contribution is 1.85. The summed E-state index contributed by atoms with van der Waals surface area (Å²) in [6.07, 6.45) is 0.157. The molecule has 0 aliphatic heterocycles. The van der Waals surface area contributed by atoms with E-state index in [2.05, 4.69) is 10.0 Å². The summed E-state index contributed by atoms with van der Waals surface area (Å²) in [5, 5.41) is 2.66. The molecule has 0 atom stereocenters. The predicted octanol–water partition coefficient (Wildman–Crippen LogP) is -0.311. The summed E-state index contributed by atoms with van der Waals surface area (Å²) < 4.78 is 4.44. The third-order valence-corrected chi connectivity index (χ3v) is 0.823. The number of nitrogens with zero attached hydrogens (tertiary/aromatic N) is 2. The minimum atomic E-state index is -0.654. The summed E-state index contributed by atoms with van der Waals surface area (Å²) >= 11 is 0. The van der Waals surface area contributed by atoms with Crippen molar-refractivity contribution in [2.45, 2.75) is 6.92 Å². The lowest BCUT2D eigenvalue weighted by atomic mass is 10.6. The molecule has 0 fully saturated rings. The van der Waals surface area contributed by atoms with Crippen LogP contribution in [-0.2, 0) is 14.3 Å². The Morgan fingerprint density at radius 2 is 2.36 bits per heavy atom. The van der Waals surface area contributed by atoms with E-state index in [0.29, 0.717) is 5.01 Å². The molecule has 6 nitrogen and oxygen atoms in total. The van der Waals surface area contributed by atoms with Gasteiger partial charge in [0.05, 0.1) is 11.9 Å². The Kier molecular flexibility index (Phi) is 4.63. The van der Waals surface area contributed by atoms with E-state index in [1.165, 1.54) is 0 Å². The summed E-state index contributed by atoms with van der Waals surface area (Å²) in [7, 11) is 0. The van der Waals surface area contributed by atoms with E-state index in [1.807, 2.05) is 0 Å². The monoisotopic (exact) mass is 160 g/mol. The molecule has 0 N–H and O–H groups in total. The Balaban J connectivity index is 3.71. The second-order valence-corrected chi connectivity index (χ2v) is 1.59. The van der Waals surface area contributed by atoms with Gasteiger partial charge < -0.3 is 4.74 Å². The van der Waals surface area contributed by atoms with E-state index < -0.39 is 12.5 Å². The minimum Gasteiger partial charge on any atom is -0.465 e. The van der Waals surface area contributed by atoms with Crippen LogP contribution >= 0.6 is 0 Å². The van der Waals surface area contributed by atoms with Crippen LogP contribution in [0.4, 0.5) is 0 Å². The zero-order valence-electron chi connectivity index (χ0n) is 6.02. The number of ether oxygens (including phenoxy) is 1. The Morgan fingerprint density at radius 3 is 2.73 bits per heavy atom. The van der Waals surface area contributed by atoms with Gasteiger partial charge in [-0.1, -0.05) is 0 Å². The minimum absolute atomic E-state index is 0.157. The van der Waals surface area contributed by atoms with Crippen LogP contribution < -0.4 is 0 Å². The van der Waals surface area contributed by atoms with Crippen LogP contribution in [0.1, 0.15) is 6.92 Å². The van der Waals surface area contributed by atoms with Crippen LogP contribution in [0, 0.1) is 4.91 Å². The van der Waals surface area contributed by atoms with Gasteiger partial charge in [0, 0.05) is 0 Å². The second kappa shape index (κ2) is 5.33. The molecule has 62 valence electrons. The zero-order chi connectivity index (χ0) is 8.69. The Labute approximate surface area is 63.1 Å². The standard InChI is InChI=1S/C5H8N2O4/c1-2-11-5(9)3-7(4-8)6-10/h4H,2-3H2,1H3. The highest BCUT2D eigenvalue weighted by molar-refractivity contribution is 5.73. The van der Waals surface area contributed by atoms with Crippen molar-refractivity contribution in [3.05, 3.63) is 4.91 Å². The van der Waals surface area contributed by atoms with Gasteiger partial charge in [-0.3, -0.25) is 9.59 Å². The molecule has 0 aliphatic rings. The van der Waals surface area contributed by atoms with Crippen molar-refractivity contribution < 1.29 is 14.3 Å². The lowest BCUT2D eigenvalue weighted by Crippen LogP contribution is -2.24. The van der Waals surface area contributed by atoms with Gasteiger partial charge in [-0.25, -0.2) is 0 Å². The molecule has 0 saturated carbocycles. The maximum absolute atomic E-state index is 10.5. The van der Waals surface area contributed by atoms with Gasteiger partial charge in [-0.15, -0.1) is 4.91 Å². The molecule has 0 radical (unpaired) electrons. The number of rotatable bonds is 5. The van der Waals surface area contributed by atoms with Crippen molar-refractivity contribution in [2.75, 3.05) is 13.2 Å². The van der Waals surface area contributed by atoms with E-state index in [1.54, 1.807) is 6.92 Å². The molecule has 1 amide bonds. The van der Waals surface area contributed by atoms with Crippen molar-refractivity contribution in [1.29, 1.82) is 0 Å². The lowest BCUT2D eigenvalue weighted by Gasteiger charge is -2.04. The molecule has 0 aliphatic carbocycles.